The summed E-state index contributed by atoms with van der Waals surface area (Å²) >= 11 is 0.818. The van der Waals surface area contributed by atoms with Gasteiger partial charge in [0.15, 0.2) is 0 Å². The third kappa shape index (κ3) is 4.60. The second-order valence-corrected chi connectivity index (χ2v) is 8.96. The van der Waals surface area contributed by atoms with Crippen LogP contribution in [0.5, 0.6) is 0 Å². The van der Waals surface area contributed by atoms with E-state index < -0.39 is 29.4 Å². The van der Waals surface area contributed by atoms with Crippen LogP contribution in [0.1, 0.15) is 19.4 Å². The molecule has 2 aromatic carbocycles. The van der Waals surface area contributed by atoms with Gasteiger partial charge in [-0.1, -0.05) is 32.0 Å². The average molecular weight is 452 g/mol. The maximum atomic E-state index is 13.0. The second-order valence-electron chi connectivity index (χ2n) is 7.97. The zero-order valence-electron chi connectivity index (χ0n) is 17.7. The van der Waals surface area contributed by atoms with E-state index in [0.29, 0.717) is 11.6 Å². The fourth-order valence-corrected chi connectivity index (χ4v) is 4.42. The maximum absolute atomic E-state index is 13.0. The van der Waals surface area contributed by atoms with E-state index in [2.05, 4.69) is 23.7 Å². The molecule has 1 N–H and O–H groups in total. The van der Waals surface area contributed by atoms with Crippen LogP contribution < -0.4 is 5.32 Å². The third-order valence-electron chi connectivity index (χ3n) is 4.97. The topological polar surface area (TPSA) is 71.4 Å². The van der Waals surface area contributed by atoms with Crippen LogP contribution in [-0.2, 0) is 16.1 Å². The van der Waals surface area contributed by atoms with E-state index >= 15 is 0 Å². The largest absolute Gasteiger partial charge is 0.347 e. The Bertz CT molecular complexity index is 1230. The molecule has 2 heterocycles. The molecular weight excluding hydrogens is 429 g/mol. The molecule has 0 aliphatic carbocycles. The lowest BCUT2D eigenvalue weighted by Crippen LogP contribution is -2.36. The summed E-state index contributed by atoms with van der Waals surface area (Å²) in [6.07, 6.45) is 3.70. The Labute approximate surface area is 189 Å². The summed E-state index contributed by atoms with van der Waals surface area (Å²) in [4.78, 5) is 38.8. The number of hydrogen-bond donors (Lipinski definition) is 1. The molecular formula is C24H22FN3O3S. The van der Waals surface area contributed by atoms with E-state index in [1.807, 2.05) is 30.5 Å². The second kappa shape index (κ2) is 9.00. The van der Waals surface area contributed by atoms with Crippen LogP contribution in [0.25, 0.3) is 17.0 Å². The molecule has 164 valence electrons. The van der Waals surface area contributed by atoms with E-state index in [1.165, 1.54) is 24.3 Å². The van der Waals surface area contributed by atoms with Crippen molar-refractivity contribution in [3.8, 4) is 0 Å². The van der Waals surface area contributed by atoms with E-state index in [9.17, 15) is 18.8 Å². The molecule has 4 rings (SSSR count). The summed E-state index contributed by atoms with van der Waals surface area (Å²) in [6.45, 7) is 4.70. The van der Waals surface area contributed by atoms with Gasteiger partial charge in [-0.25, -0.2) is 4.39 Å². The van der Waals surface area contributed by atoms with Crippen LogP contribution in [-0.4, -0.2) is 33.1 Å². The molecule has 0 unspecified atom stereocenters. The molecule has 1 aromatic heterocycles. The molecule has 1 aliphatic heterocycles. The minimum Gasteiger partial charge on any atom is -0.347 e. The number of para-hydroxylation sites is 1. The van der Waals surface area contributed by atoms with E-state index in [-0.39, 0.29) is 4.91 Å². The van der Waals surface area contributed by atoms with Gasteiger partial charge in [0.1, 0.15) is 12.4 Å². The molecule has 1 saturated heterocycles. The highest BCUT2D eigenvalue weighted by atomic mass is 32.2. The van der Waals surface area contributed by atoms with E-state index in [1.54, 1.807) is 6.08 Å². The first-order chi connectivity index (χ1) is 15.3. The standard InChI is InChI=1S/C24H22FN3O3S/c1-15(2)12-27-13-16(19-5-3-4-6-20(19)27)11-21-23(30)28(24(31)32-21)14-22(29)26-18-9-7-17(25)8-10-18/h3-11,13,15H,12,14H2,1-2H3,(H,26,29)/b21-11-. The van der Waals surface area contributed by atoms with Crippen molar-refractivity contribution in [3.63, 3.8) is 0 Å². The molecule has 1 aliphatic rings. The van der Waals surface area contributed by atoms with Crippen molar-refractivity contribution in [3.05, 3.63) is 71.0 Å². The molecule has 3 amide bonds. The Kier molecular flexibility index (Phi) is 6.14. The number of nitrogens with zero attached hydrogens (tertiary/aromatic N) is 2. The number of fused-ring (bicyclic) bond motifs is 1. The van der Waals surface area contributed by atoms with Crippen LogP contribution in [0.15, 0.2) is 59.6 Å². The van der Waals surface area contributed by atoms with Gasteiger partial charge in [0.05, 0.1) is 4.91 Å². The Morgan fingerprint density at radius 2 is 1.84 bits per heavy atom. The van der Waals surface area contributed by atoms with Crippen LogP contribution in [0, 0.1) is 11.7 Å². The lowest BCUT2D eigenvalue weighted by Gasteiger charge is -2.12. The number of imide groups is 1. The first-order valence-electron chi connectivity index (χ1n) is 10.2. The Morgan fingerprint density at radius 3 is 2.56 bits per heavy atom. The minimum atomic E-state index is -0.534. The van der Waals surface area contributed by atoms with Crippen LogP contribution >= 0.6 is 11.8 Å². The average Bonchev–Trinajstić information content (AvgIpc) is 3.22. The quantitative estimate of drug-likeness (QED) is 0.529. The van der Waals surface area contributed by atoms with Gasteiger partial charge in [-0.3, -0.25) is 19.3 Å². The lowest BCUT2D eigenvalue weighted by atomic mass is 10.1. The van der Waals surface area contributed by atoms with Gasteiger partial charge in [-0.15, -0.1) is 0 Å². The number of carbonyl (C=O) groups excluding carboxylic acids is 3. The predicted octanol–water partition coefficient (Wildman–Crippen LogP) is 5.11. The summed E-state index contributed by atoms with van der Waals surface area (Å²) in [5.74, 6) is -1.01. The monoisotopic (exact) mass is 451 g/mol. The zero-order chi connectivity index (χ0) is 22.8. The number of hydrogen-bond acceptors (Lipinski definition) is 4. The number of nitrogens with one attached hydrogen (secondary N) is 1. The molecule has 0 atom stereocenters. The first kappa shape index (κ1) is 21.8. The van der Waals surface area contributed by atoms with Gasteiger partial charge >= 0.3 is 0 Å². The normalized spacial score (nSPS) is 15.4. The number of benzene rings is 2. The highest BCUT2D eigenvalue weighted by molar-refractivity contribution is 8.18. The third-order valence-corrected chi connectivity index (χ3v) is 5.88. The highest BCUT2D eigenvalue weighted by Crippen LogP contribution is 2.34. The molecule has 8 heteroatoms. The zero-order valence-corrected chi connectivity index (χ0v) is 18.5. The number of amides is 3. The maximum Gasteiger partial charge on any atom is 0.294 e. The highest BCUT2D eigenvalue weighted by Gasteiger charge is 2.36. The number of halogens is 1. The molecule has 1 fully saturated rings. The fourth-order valence-electron chi connectivity index (χ4n) is 3.59. The molecule has 0 spiro atoms. The van der Waals surface area contributed by atoms with Crippen LogP contribution in [0.4, 0.5) is 14.9 Å². The first-order valence-corrected chi connectivity index (χ1v) is 11.0. The van der Waals surface area contributed by atoms with Crippen LogP contribution in [0.2, 0.25) is 0 Å². The van der Waals surface area contributed by atoms with Gasteiger partial charge < -0.3 is 9.88 Å². The number of carbonyl (C=O) groups is 3. The molecule has 32 heavy (non-hydrogen) atoms. The summed E-state index contributed by atoms with van der Waals surface area (Å²) in [5, 5.41) is 3.06. The van der Waals surface area contributed by atoms with Crippen molar-refractivity contribution in [2.45, 2.75) is 20.4 Å². The SMILES string of the molecule is CC(C)Cn1cc(/C=C2\SC(=O)N(CC(=O)Nc3ccc(F)cc3)C2=O)c2ccccc21. The van der Waals surface area contributed by atoms with Gasteiger partial charge in [-0.2, -0.15) is 0 Å². The van der Waals surface area contributed by atoms with Gasteiger partial charge in [0.2, 0.25) is 5.91 Å². The van der Waals surface area contributed by atoms with Gasteiger partial charge in [-0.05, 0) is 54.1 Å². The number of thioether (sulfide) groups is 1. The summed E-state index contributed by atoms with van der Waals surface area (Å²) < 4.78 is 15.2. The minimum absolute atomic E-state index is 0.275. The molecule has 6 nitrogen and oxygen atoms in total. The Balaban J connectivity index is 1.54. The van der Waals surface area contributed by atoms with Gasteiger partial charge in [0, 0.05) is 34.9 Å². The molecule has 0 radical (unpaired) electrons. The van der Waals surface area contributed by atoms with Crippen molar-refractivity contribution in [2.75, 3.05) is 11.9 Å². The van der Waals surface area contributed by atoms with E-state index in [0.717, 1.165) is 39.7 Å². The smallest absolute Gasteiger partial charge is 0.294 e. The Hall–Kier alpha value is -3.39. The van der Waals surface area contributed by atoms with Gasteiger partial charge in [0.25, 0.3) is 11.1 Å². The number of aromatic nitrogens is 1. The van der Waals surface area contributed by atoms with Crippen molar-refractivity contribution in [2.24, 2.45) is 5.92 Å². The summed E-state index contributed by atoms with van der Waals surface area (Å²) in [7, 11) is 0. The molecule has 3 aromatic rings. The Morgan fingerprint density at radius 1 is 1.12 bits per heavy atom. The number of rotatable bonds is 6. The van der Waals surface area contributed by atoms with Crippen LogP contribution in [0.3, 0.4) is 0 Å². The van der Waals surface area contributed by atoms with Crippen molar-refractivity contribution in [1.29, 1.82) is 0 Å². The predicted molar refractivity (Wildman–Crippen MR) is 124 cm³/mol. The molecule has 0 saturated carbocycles. The molecule has 0 bridgehead atoms. The fraction of sp³-hybridized carbons (Fsp3) is 0.208. The summed E-state index contributed by atoms with van der Waals surface area (Å²) in [5.41, 5.74) is 2.30. The summed E-state index contributed by atoms with van der Waals surface area (Å²) in [6, 6.07) is 13.2. The van der Waals surface area contributed by atoms with E-state index in [4.69, 9.17) is 0 Å². The number of anilines is 1. The van der Waals surface area contributed by atoms with Crippen molar-refractivity contribution < 1.29 is 18.8 Å². The lowest BCUT2D eigenvalue weighted by molar-refractivity contribution is -0.127. The van der Waals surface area contributed by atoms with Crippen molar-refractivity contribution >= 4 is 51.5 Å². The van der Waals surface area contributed by atoms with Crippen molar-refractivity contribution in [1.82, 2.24) is 9.47 Å².